The Labute approximate surface area is 162 Å². The van der Waals surface area contributed by atoms with Crippen LogP contribution in [0.15, 0.2) is 54.2 Å². The molecule has 0 aromatic carbocycles. The first-order valence-corrected chi connectivity index (χ1v) is 9.97. The van der Waals surface area contributed by atoms with E-state index in [-0.39, 0.29) is 11.8 Å². The van der Waals surface area contributed by atoms with Crippen molar-refractivity contribution in [2.24, 2.45) is 5.92 Å². The highest BCUT2D eigenvalue weighted by Gasteiger charge is 2.26. The molecule has 4 rings (SSSR count). The van der Waals surface area contributed by atoms with Crippen LogP contribution in [0, 0.1) is 5.92 Å². The normalized spacial score (nSPS) is 16.9. The lowest BCUT2D eigenvalue weighted by atomic mass is 9.97. The van der Waals surface area contributed by atoms with Gasteiger partial charge in [-0.15, -0.1) is 21.5 Å². The van der Waals surface area contributed by atoms with Crippen molar-refractivity contribution in [3.05, 3.63) is 59.0 Å². The van der Waals surface area contributed by atoms with Gasteiger partial charge in [0.1, 0.15) is 0 Å². The molecule has 1 amide bonds. The van der Waals surface area contributed by atoms with Gasteiger partial charge in [-0.2, -0.15) is 0 Å². The number of amides is 1. The summed E-state index contributed by atoms with van der Waals surface area (Å²) in [5, 5.41) is 13.8. The third kappa shape index (κ3) is 4.31. The zero-order valence-electron chi connectivity index (χ0n) is 14.9. The molecule has 1 N–H and O–H groups in total. The number of pyridine rings is 1. The first-order valence-electron chi connectivity index (χ1n) is 9.09. The number of anilines is 1. The van der Waals surface area contributed by atoms with Crippen LogP contribution in [0.5, 0.6) is 0 Å². The van der Waals surface area contributed by atoms with E-state index in [2.05, 4.69) is 25.4 Å². The van der Waals surface area contributed by atoms with Crippen LogP contribution in [0.1, 0.15) is 17.7 Å². The first kappa shape index (κ1) is 17.6. The second-order valence-corrected chi connectivity index (χ2v) is 7.63. The third-order valence-corrected chi connectivity index (χ3v) is 5.64. The molecule has 6 nitrogen and oxygen atoms in total. The number of carbonyl (C=O) groups excluding carboxylic acids is 1. The molecule has 1 atom stereocenters. The van der Waals surface area contributed by atoms with E-state index in [1.54, 1.807) is 23.7 Å². The van der Waals surface area contributed by atoms with E-state index in [9.17, 15) is 4.79 Å². The average molecular weight is 379 g/mol. The average Bonchev–Trinajstić information content (AvgIpc) is 3.27. The molecule has 1 unspecified atom stereocenters. The second-order valence-electron chi connectivity index (χ2n) is 6.59. The van der Waals surface area contributed by atoms with Crippen LogP contribution < -0.4 is 10.2 Å². The topological polar surface area (TPSA) is 71.0 Å². The van der Waals surface area contributed by atoms with Crippen molar-refractivity contribution in [3.63, 3.8) is 0 Å². The Morgan fingerprint density at radius 2 is 2.07 bits per heavy atom. The largest absolute Gasteiger partial charge is 0.354 e. The Morgan fingerprint density at radius 3 is 2.81 bits per heavy atom. The standard InChI is InChI=1S/C20H21N5OS/c26-20(22-13-17-4-2-12-27-17)16-3-1-11-25(14-16)19-6-5-18(23-24-19)15-7-9-21-10-8-15/h2,4-10,12,16H,1,3,11,13-14H2,(H,22,26). The molecule has 1 fully saturated rings. The predicted octanol–water partition coefficient (Wildman–Crippen LogP) is 3.13. The van der Waals surface area contributed by atoms with E-state index >= 15 is 0 Å². The summed E-state index contributed by atoms with van der Waals surface area (Å²) in [6.45, 7) is 2.19. The van der Waals surface area contributed by atoms with Gasteiger partial charge in [0.05, 0.1) is 18.2 Å². The van der Waals surface area contributed by atoms with Crippen LogP contribution in [-0.2, 0) is 11.3 Å². The zero-order chi connectivity index (χ0) is 18.5. The van der Waals surface area contributed by atoms with E-state index in [1.165, 1.54) is 4.88 Å². The van der Waals surface area contributed by atoms with Crippen molar-refractivity contribution in [2.75, 3.05) is 18.0 Å². The molecule has 7 heteroatoms. The molecule has 0 saturated carbocycles. The van der Waals surface area contributed by atoms with Crippen molar-refractivity contribution >= 4 is 23.1 Å². The third-order valence-electron chi connectivity index (χ3n) is 4.76. The van der Waals surface area contributed by atoms with Crippen LogP contribution in [0.4, 0.5) is 5.82 Å². The fourth-order valence-electron chi connectivity index (χ4n) is 3.30. The van der Waals surface area contributed by atoms with Gasteiger partial charge >= 0.3 is 0 Å². The molecular formula is C20H21N5OS. The lowest BCUT2D eigenvalue weighted by molar-refractivity contribution is -0.125. The molecule has 0 spiro atoms. The highest BCUT2D eigenvalue weighted by molar-refractivity contribution is 7.09. The van der Waals surface area contributed by atoms with Gasteiger partial charge in [0.25, 0.3) is 0 Å². The summed E-state index contributed by atoms with van der Waals surface area (Å²) in [5.41, 5.74) is 1.82. The molecule has 4 heterocycles. The van der Waals surface area contributed by atoms with Crippen LogP contribution in [0.2, 0.25) is 0 Å². The van der Waals surface area contributed by atoms with Gasteiger partial charge in [-0.1, -0.05) is 6.07 Å². The van der Waals surface area contributed by atoms with Gasteiger partial charge in [-0.3, -0.25) is 9.78 Å². The summed E-state index contributed by atoms with van der Waals surface area (Å²) in [4.78, 5) is 19.9. The van der Waals surface area contributed by atoms with Gasteiger partial charge in [0.15, 0.2) is 5.82 Å². The number of carbonyl (C=O) groups is 1. The maximum atomic E-state index is 12.5. The summed E-state index contributed by atoms with van der Waals surface area (Å²) in [5.74, 6) is 0.929. The Balaban J connectivity index is 1.38. The zero-order valence-corrected chi connectivity index (χ0v) is 15.7. The summed E-state index contributed by atoms with van der Waals surface area (Å²) in [6.07, 6.45) is 5.38. The van der Waals surface area contributed by atoms with E-state index in [0.717, 1.165) is 36.5 Å². The van der Waals surface area contributed by atoms with E-state index in [1.807, 2.05) is 41.8 Å². The molecule has 3 aromatic heterocycles. The SMILES string of the molecule is O=C(NCc1cccs1)C1CCCN(c2ccc(-c3ccncc3)nn2)C1. The molecule has 27 heavy (non-hydrogen) atoms. The minimum absolute atomic E-state index is 0.0135. The van der Waals surface area contributed by atoms with Crippen molar-refractivity contribution in [1.82, 2.24) is 20.5 Å². The smallest absolute Gasteiger partial charge is 0.225 e. The Morgan fingerprint density at radius 1 is 1.19 bits per heavy atom. The first-order chi connectivity index (χ1) is 13.3. The number of aromatic nitrogens is 3. The number of hydrogen-bond donors (Lipinski definition) is 1. The minimum atomic E-state index is -0.0135. The predicted molar refractivity (Wildman–Crippen MR) is 106 cm³/mol. The quantitative estimate of drug-likeness (QED) is 0.737. The highest BCUT2D eigenvalue weighted by Crippen LogP contribution is 2.23. The monoisotopic (exact) mass is 379 g/mol. The van der Waals surface area contributed by atoms with Crippen LogP contribution in [0.25, 0.3) is 11.3 Å². The van der Waals surface area contributed by atoms with Gasteiger partial charge in [-0.25, -0.2) is 0 Å². The van der Waals surface area contributed by atoms with Crippen LogP contribution >= 0.6 is 11.3 Å². The van der Waals surface area contributed by atoms with E-state index in [4.69, 9.17) is 0 Å². The summed E-state index contributed by atoms with van der Waals surface area (Å²) < 4.78 is 0. The Hall–Kier alpha value is -2.80. The second kappa shape index (κ2) is 8.26. The van der Waals surface area contributed by atoms with Gasteiger partial charge in [0, 0.05) is 35.9 Å². The molecule has 138 valence electrons. The lowest BCUT2D eigenvalue weighted by Gasteiger charge is -2.32. The number of nitrogens with one attached hydrogen (secondary N) is 1. The van der Waals surface area contributed by atoms with Crippen molar-refractivity contribution in [1.29, 1.82) is 0 Å². The van der Waals surface area contributed by atoms with Crippen LogP contribution in [0.3, 0.4) is 0 Å². The highest BCUT2D eigenvalue weighted by atomic mass is 32.1. The van der Waals surface area contributed by atoms with E-state index < -0.39 is 0 Å². The molecule has 1 aliphatic rings. The molecular weight excluding hydrogens is 358 g/mol. The Kier molecular flexibility index (Phi) is 5.39. The molecule has 0 radical (unpaired) electrons. The number of rotatable bonds is 5. The van der Waals surface area contributed by atoms with E-state index in [0.29, 0.717) is 13.1 Å². The molecule has 0 bridgehead atoms. The lowest BCUT2D eigenvalue weighted by Crippen LogP contribution is -2.43. The fraction of sp³-hybridized carbons (Fsp3) is 0.300. The summed E-state index contributed by atoms with van der Waals surface area (Å²) >= 11 is 1.66. The summed E-state index contributed by atoms with van der Waals surface area (Å²) in [7, 11) is 0. The minimum Gasteiger partial charge on any atom is -0.354 e. The number of piperidine rings is 1. The van der Waals surface area contributed by atoms with Crippen molar-refractivity contribution < 1.29 is 4.79 Å². The maximum absolute atomic E-state index is 12.5. The van der Waals surface area contributed by atoms with Gasteiger partial charge in [-0.05, 0) is 48.6 Å². The Bertz CT molecular complexity index is 867. The van der Waals surface area contributed by atoms with Crippen molar-refractivity contribution in [3.8, 4) is 11.3 Å². The number of thiophene rings is 1. The molecule has 0 aliphatic carbocycles. The molecule has 1 saturated heterocycles. The van der Waals surface area contributed by atoms with Gasteiger partial charge < -0.3 is 10.2 Å². The fourth-order valence-corrected chi connectivity index (χ4v) is 3.95. The number of hydrogen-bond acceptors (Lipinski definition) is 6. The van der Waals surface area contributed by atoms with Crippen molar-refractivity contribution in [2.45, 2.75) is 19.4 Å². The summed E-state index contributed by atoms with van der Waals surface area (Å²) in [6, 6.07) is 11.8. The van der Waals surface area contributed by atoms with Crippen LogP contribution in [-0.4, -0.2) is 34.2 Å². The molecule has 1 aliphatic heterocycles. The number of nitrogens with zero attached hydrogens (tertiary/aromatic N) is 4. The molecule has 3 aromatic rings. The maximum Gasteiger partial charge on any atom is 0.225 e. The van der Waals surface area contributed by atoms with Gasteiger partial charge in [0.2, 0.25) is 5.91 Å².